The topological polar surface area (TPSA) is 44.9 Å². The van der Waals surface area contributed by atoms with Crippen LogP contribution in [0.1, 0.15) is 11.6 Å². The van der Waals surface area contributed by atoms with Crippen molar-refractivity contribution in [2.75, 3.05) is 0 Å². The average Bonchev–Trinajstić information content (AvgIpc) is 3.99. The minimum atomic E-state index is -0.0497. The summed E-state index contributed by atoms with van der Waals surface area (Å²) in [4.78, 5) is 9.41. The number of fused-ring (bicyclic) bond motifs is 10. The van der Waals surface area contributed by atoms with Gasteiger partial charge >= 0.3 is 0 Å². The second kappa shape index (κ2) is 13.2. The molecule has 2 atom stereocenters. The monoisotopic (exact) mass is 780 g/mol. The van der Waals surface area contributed by atoms with Crippen LogP contribution < -0.4 is 4.74 Å². The Balaban J connectivity index is 0.932. The van der Waals surface area contributed by atoms with Crippen LogP contribution in [0.25, 0.3) is 99.3 Å². The molecule has 0 N–H and O–H groups in total. The lowest BCUT2D eigenvalue weighted by atomic mass is 9.94. The van der Waals surface area contributed by atoms with Crippen molar-refractivity contribution in [3.63, 3.8) is 0 Å². The Labute approximate surface area is 351 Å². The molecule has 2 aliphatic rings. The summed E-state index contributed by atoms with van der Waals surface area (Å²) in [6, 6.07) is 64.1. The van der Waals surface area contributed by atoms with Gasteiger partial charge in [-0.1, -0.05) is 133 Å². The molecular formula is C56H36N4O. The third-order valence-corrected chi connectivity index (χ3v) is 12.8. The van der Waals surface area contributed by atoms with Gasteiger partial charge in [-0.2, -0.15) is 0 Å². The molecule has 5 nitrogen and oxygen atoms in total. The number of rotatable bonds is 5. The maximum absolute atomic E-state index is 6.45. The van der Waals surface area contributed by atoms with Crippen LogP contribution in [-0.4, -0.2) is 25.2 Å². The largest absolute Gasteiger partial charge is 0.481 e. The molecule has 286 valence electrons. The maximum Gasteiger partial charge on any atom is 0.168 e. The zero-order valence-corrected chi connectivity index (χ0v) is 33.0. The fraction of sp³-hybridized carbons (Fsp3) is 0.0357. The Kier molecular flexibility index (Phi) is 7.36. The lowest BCUT2D eigenvalue weighted by molar-refractivity contribution is 0.269. The molecule has 8 aromatic carbocycles. The number of aromatic nitrogens is 4. The summed E-state index contributed by atoms with van der Waals surface area (Å²) >= 11 is 0. The smallest absolute Gasteiger partial charge is 0.168 e. The van der Waals surface area contributed by atoms with Gasteiger partial charge in [0.2, 0.25) is 0 Å². The van der Waals surface area contributed by atoms with Crippen molar-refractivity contribution < 1.29 is 4.74 Å². The molecule has 0 saturated heterocycles. The van der Waals surface area contributed by atoms with Crippen LogP contribution in [0.15, 0.2) is 207 Å². The molecule has 0 amide bonds. The van der Waals surface area contributed by atoms with Gasteiger partial charge in [-0.15, -0.1) is 0 Å². The van der Waals surface area contributed by atoms with Crippen LogP contribution in [0, 0.1) is 0 Å². The van der Waals surface area contributed by atoms with Gasteiger partial charge in [-0.05, 0) is 94.4 Å². The molecule has 5 heteroatoms. The Bertz CT molecular complexity index is 3650. The molecule has 0 spiro atoms. The van der Waals surface area contributed by atoms with Crippen molar-refractivity contribution in [1.29, 1.82) is 0 Å². The van der Waals surface area contributed by atoms with Crippen molar-refractivity contribution in [3.05, 3.63) is 212 Å². The van der Waals surface area contributed by atoms with Gasteiger partial charge in [0.05, 0.1) is 39.4 Å². The van der Waals surface area contributed by atoms with Gasteiger partial charge in [0.25, 0.3) is 0 Å². The van der Waals surface area contributed by atoms with Gasteiger partial charge in [0, 0.05) is 38.2 Å². The first-order valence-corrected chi connectivity index (χ1v) is 20.9. The van der Waals surface area contributed by atoms with Crippen molar-refractivity contribution >= 4 is 54.4 Å². The Hall–Kier alpha value is -8.02. The minimum absolute atomic E-state index is 0.0497. The Morgan fingerprint density at radius 1 is 0.426 bits per heavy atom. The van der Waals surface area contributed by atoms with E-state index in [1.807, 2.05) is 6.08 Å². The van der Waals surface area contributed by atoms with E-state index >= 15 is 0 Å². The summed E-state index contributed by atoms with van der Waals surface area (Å²) in [7, 11) is 0. The normalized spacial score (nSPS) is 15.5. The highest BCUT2D eigenvalue weighted by molar-refractivity contribution is 6.14. The van der Waals surface area contributed by atoms with E-state index in [2.05, 4.69) is 208 Å². The number of hydrogen-bond acceptors (Lipinski definition) is 3. The molecular weight excluding hydrogens is 745 g/mol. The molecule has 1 aliphatic carbocycles. The fourth-order valence-electron chi connectivity index (χ4n) is 10.0. The Morgan fingerprint density at radius 2 is 1.05 bits per heavy atom. The highest BCUT2D eigenvalue weighted by Crippen LogP contribution is 2.46. The molecule has 2 unspecified atom stereocenters. The number of para-hydroxylation sites is 3. The van der Waals surface area contributed by atoms with E-state index in [1.54, 1.807) is 6.33 Å². The molecule has 13 rings (SSSR count). The molecule has 11 aromatic rings. The SMILES string of the molecule is C1=CC2Oc3c(-c4cccc(-c5cccc6c(-n7c8ccccc8c8cc(-c9ccc%10c(c9)c9ccccc9n%10-c9ccccc9)ccc87)cccc56)c4)ncnc3C2C=C1. The zero-order valence-electron chi connectivity index (χ0n) is 33.0. The molecule has 0 bridgehead atoms. The highest BCUT2D eigenvalue weighted by atomic mass is 16.5. The molecule has 0 radical (unpaired) electrons. The van der Waals surface area contributed by atoms with Gasteiger partial charge in [0.15, 0.2) is 5.75 Å². The number of nitrogens with zero attached hydrogens (tertiary/aromatic N) is 4. The van der Waals surface area contributed by atoms with E-state index in [-0.39, 0.29) is 12.0 Å². The first kappa shape index (κ1) is 33.9. The molecule has 61 heavy (non-hydrogen) atoms. The van der Waals surface area contributed by atoms with Crippen molar-refractivity contribution in [3.8, 4) is 50.6 Å². The van der Waals surface area contributed by atoms with E-state index < -0.39 is 0 Å². The van der Waals surface area contributed by atoms with Crippen LogP contribution in [0.5, 0.6) is 5.75 Å². The third-order valence-electron chi connectivity index (χ3n) is 12.8. The number of allylic oxidation sites excluding steroid dienone is 2. The lowest BCUT2D eigenvalue weighted by Gasteiger charge is -2.15. The Morgan fingerprint density at radius 3 is 1.85 bits per heavy atom. The summed E-state index contributed by atoms with van der Waals surface area (Å²) < 4.78 is 11.3. The molecule has 0 saturated carbocycles. The average molecular weight is 781 g/mol. The quantitative estimate of drug-likeness (QED) is 0.175. The number of benzene rings is 8. The molecule has 4 heterocycles. The van der Waals surface area contributed by atoms with Crippen LogP contribution in [-0.2, 0) is 0 Å². The fourth-order valence-corrected chi connectivity index (χ4v) is 10.0. The summed E-state index contributed by atoms with van der Waals surface area (Å²) in [6.07, 6.45) is 10.00. The maximum atomic E-state index is 6.45. The molecule has 3 aromatic heterocycles. The van der Waals surface area contributed by atoms with Gasteiger partial charge in [-0.25, -0.2) is 9.97 Å². The van der Waals surface area contributed by atoms with Crippen molar-refractivity contribution in [2.24, 2.45) is 0 Å². The van der Waals surface area contributed by atoms with Crippen LogP contribution in [0.3, 0.4) is 0 Å². The molecule has 1 aliphatic heterocycles. The lowest BCUT2D eigenvalue weighted by Crippen LogP contribution is -2.15. The van der Waals surface area contributed by atoms with E-state index in [0.29, 0.717) is 0 Å². The van der Waals surface area contributed by atoms with E-state index in [4.69, 9.17) is 9.72 Å². The van der Waals surface area contributed by atoms with E-state index in [9.17, 15) is 0 Å². The van der Waals surface area contributed by atoms with Gasteiger partial charge in [-0.3, -0.25) is 0 Å². The van der Waals surface area contributed by atoms with Crippen molar-refractivity contribution in [1.82, 2.24) is 19.1 Å². The summed E-state index contributed by atoms with van der Waals surface area (Å²) in [5.74, 6) is 0.884. The second-order valence-corrected chi connectivity index (χ2v) is 16.1. The van der Waals surface area contributed by atoms with Crippen LogP contribution in [0.4, 0.5) is 0 Å². The minimum Gasteiger partial charge on any atom is -0.481 e. The summed E-state index contributed by atoms with van der Waals surface area (Å²) in [6.45, 7) is 0. The second-order valence-electron chi connectivity index (χ2n) is 16.1. The van der Waals surface area contributed by atoms with Crippen LogP contribution in [0.2, 0.25) is 0 Å². The van der Waals surface area contributed by atoms with E-state index in [1.165, 1.54) is 71.1 Å². The third kappa shape index (κ3) is 5.14. The standard InChI is InChI=1S/C56H36N4O/c1-2-15-39(16-3-1)59-48-23-7-4-17-43(48)46-32-35(27-29-51(46)59)36-28-30-52-47(33-36)44-18-5-8-24-49(44)60(52)50-25-12-21-41-40(20-11-22-42(41)50)37-13-10-14-38(31-37)54-56-55(58-34-57-54)45-19-6-9-26-53(45)61-56/h1-34,45,53H. The van der Waals surface area contributed by atoms with E-state index in [0.717, 1.165) is 39.6 Å². The number of hydrogen-bond donors (Lipinski definition) is 0. The predicted molar refractivity (Wildman–Crippen MR) is 250 cm³/mol. The predicted octanol–water partition coefficient (Wildman–Crippen LogP) is 13.8. The van der Waals surface area contributed by atoms with Gasteiger partial charge < -0.3 is 13.9 Å². The molecule has 0 fully saturated rings. The van der Waals surface area contributed by atoms with Gasteiger partial charge in [0.1, 0.15) is 18.1 Å². The first-order chi connectivity index (χ1) is 30.3. The van der Waals surface area contributed by atoms with Crippen molar-refractivity contribution in [2.45, 2.75) is 12.0 Å². The van der Waals surface area contributed by atoms with Crippen LogP contribution >= 0.6 is 0 Å². The number of ether oxygens (including phenoxy) is 1. The summed E-state index contributed by atoms with van der Waals surface area (Å²) in [5.41, 5.74) is 14.5. The summed E-state index contributed by atoms with van der Waals surface area (Å²) in [5, 5.41) is 7.33. The zero-order chi connectivity index (χ0) is 40.0. The first-order valence-electron chi connectivity index (χ1n) is 20.9. The highest BCUT2D eigenvalue weighted by Gasteiger charge is 2.36.